The average molecular weight is 319 g/mol. The lowest BCUT2D eigenvalue weighted by Gasteiger charge is -2.13. The summed E-state index contributed by atoms with van der Waals surface area (Å²) in [5.74, 6) is -1.44. The highest BCUT2D eigenvalue weighted by atomic mass is 35.5. The summed E-state index contributed by atoms with van der Waals surface area (Å²) in [5.41, 5.74) is 0.301. The zero-order valence-corrected chi connectivity index (χ0v) is 11.5. The van der Waals surface area contributed by atoms with E-state index in [1.54, 1.807) is 6.07 Å². The van der Waals surface area contributed by atoms with E-state index in [2.05, 4.69) is 4.74 Å². The van der Waals surface area contributed by atoms with Gasteiger partial charge in [-0.3, -0.25) is 0 Å². The number of halogens is 5. The van der Waals surface area contributed by atoms with Gasteiger partial charge in [-0.25, -0.2) is 8.78 Å². The molecular weight excluding hydrogens is 308 g/mol. The topological polar surface area (TPSA) is 9.23 Å². The molecule has 0 bridgehead atoms. The fourth-order valence-corrected chi connectivity index (χ4v) is 2.20. The Balaban J connectivity index is 2.18. The van der Waals surface area contributed by atoms with Crippen molar-refractivity contribution in [1.82, 2.24) is 0 Å². The molecule has 1 atom stereocenters. The summed E-state index contributed by atoms with van der Waals surface area (Å²) in [6.07, 6.45) is -0.0990. The summed E-state index contributed by atoms with van der Waals surface area (Å²) in [4.78, 5) is 0. The third-order valence-electron chi connectivity index (χ3n) is 2.89. The van der Waals surface area contributed by atoms with Crippen molar-refractivity contribution in [3.63, 3.8) is 0 Å². The maximum atomic E-state index is 13.6. The maximum absolute atomic E-state index is 13.6. The van der Waals surface area contributed by atoms with E-state index >= 15 is 0 Å². The van der Waals surface area contributed by atoms with Crippen LogP contribution in [0.25, 0.3) is 0 Å². The highest BCUT2D eigenvalue weighted by Crippen LogP contribution is 2.29. The molecule has 0 heterocycles. The second kappa shape index (κ2) is 6.80. The number of alkyl halides is 3. The molecule has 0 radical (unpaired) electrons. The van der Waals surface area contributed by atoms with E-state index in [1.165, 1.54) is 24.3 Å². The molecule has 0 saturated heterocycles. The lowest BCUT2D eigenvalue weighted by atomic mass is 10.0. The van der Waals surface area contributed by atoms with Crippen LogP contribution in [0.1, 0.15) is 16.5 Å². The van der Waals surface area contributed by atoms with Gasteiger partial charge in [0.1, 0.15) is 17.4 Å². The highest BCUT2D eigenvalue weighted by molar-refractivity contribution is 6.20. The molecule has 0 saturated carbocycles. The first-order valence-electron chi connectivity index (χ1n) is 6.09. The number of benzene rings is 2. The largest absolute Gasteiger partial charge is 0.435 e. The van der Waals surface area contributed by atoms with Gasteiger partial charge in [0.2, 0.25) is 0 Å². The van der Waals surface area contributed by atoms with E-state index in [0.717, 1.165) is 12.1 Å². The van der Waals surface area contributed by atoms with E-state index in [4.69, 9.17) is 11.6 Å². The SMILES string of the molecule is Fc1cccc(F)c1CC(Cl)c1cccc(OC(F)F)c1. The molecule has 0 spiro atoms. The van der Waals surface area contributed by atoms with Crippen LogP contribution in [0.4, 0.5) is 17.6 Å². The van der Waals surface area contributed by atoms with Gasteiger partial charge in [-0.2, -0.15) is 8.78 Å². The minimum absolute atomic E-state index is 0.0536. The van der Waals surface area contributed by atoms with Crippen molar-refractivity contribution in [2.24, 2.45) is 0 Å². The van der Waals surface area contributed by atoms with Gasteiger partial charge in [-0.15, -0.1) is 11.6 Å². The third-order valence-corrected chi connectivity index (χ3v) is 3.30. The Bertz CT molecular complexity index is 598. The van der Waals surface area contributed by atoms with Crippen molar-refractivity contribution in [1.29, 1.82) is 0 Å². The van der Waals surface area contributed by atoms with Crippen LogP contribution >= 0.6 is 11.6 Å². The van der Waals surface area contributed by atoms with Crippen LogP contribution in [0.2, 0.25) is 0 Å². The predicted octanol–water partition coefficient (Wildman–Crippen LogP) is 5.09. The van der Waals surface area contributed by atoms with E-state index in [-0.39, 0.29) is 17.7 Å². The standard InChI is InChI=1S/C15H11ClF4O/c16-12(8-11-13(17)5-2-6-14(11)18)9-3-1-4-10(7-9)21-15(19)20/h1-7,12,15H,8H2. The van der Waals surface area contributed by atoms with Gasteiger partial charge in [-0.1, -0.05) is 18.2 Å². The number of hydrogen-bond acceptors (Lipinski definition) is 1. The van der Waals surface area contributed by atoms with Crippen molar-refractivity contribution in [3.05, 3.63) is 65.2 Å². The smallest absolute Gasteiger partial charge is 0.387 e. The summed E-state index contributed by atoms with van der Waals surface area (Å²) in [5, 5.41) is -0.766. The Morgan fingerprint density at radius 2 is 1.62 bits per heavy atom. The monoisotopic (exact) mass is 318 g/mol. The first kappa shape index (κ1) is 15.6. The van der Waals surface area contributed by atoms with Crippen molar-refractivity contribution in [2.45, 2.75) is 18.4 Å². The highest BCUT2D eigenvalue weighted by Gasteiger charge is 2.16. The number of rotatable bonds is 5. The van der Waals surface area contributed by atoms with Crippen LogP contribution in [-0.4, -0.2) is 6.61 Å². The van der Waals surface area contributed by atoms with Gasteiger partial charge in [0.25, 0.3) is 0 Å². The van der Waals surface area contributed by atoms with Gasteiger partial charge in [0.05, 0.1) is 5.38 Å². The van der Waals surface area contributed by atoms with Gasteiger partial charge < -0.3 is 4.74 Å². The second-order valence-electron chi connectivity index (χ2n) is 4.32. The fourth-order valence-electron chi connectivity index (χ4n) is 1.91. The first-order chi connectivity index (χ1) is 9.97. The van der Waals surface area contributed by atoms with Crippen molar-refractivity contribution in [2.75, 3.05) is 0 Å². The van der Waals surface area contributed by atoms with Gasteiger partial charge in [-0.05, 0) is 36.2 Å². The molecule has 2 aromatic rings. The molecule has 112 valence electrons. The molecule has 6 heteroatoms. The average Bonchev–Trinajstić information content (AvgIpc) is 2.42. The molecule has 2 aromatic carbocycles. The normalized spacial score (nSPS) is 12.5. The summed E-state index contributed by atoms with van der Waals surface area (Å²) in [6, 6.07) is 9.27. The fraction of sp³-hybridized carbons (Fsp3) is 0.200. The number of ether oxygens (including phenoxy) is 1. The van der Waals surface area contributed by atoms with Crippen LogP contribution in [-0.2, 0) is 6.42 Å². The van der Waals surface area contributed by atoms with Crippen molar-refractivity contribution < 1.29 is 22.3 Å². The lowest BCUT2D eigenvalue weighted by molar-refractivity contribution is -0.0498. The molecule has 1 unspecified atom stereocenters. The molecule has 21 heavy (non-hydrogen) atoms. The minimum Gasteiger partial charge on any atom is -0.435 e. The van der Waals surface area contributed by atoms with Gasteiger partial charge in [0.15, 0.2) is 0 Å². The van der Waals surface area contributed by atoms with Crippen molar-refractivity contribution >= 4 is 11.6 Å². The molecular formula is C15H11ClF4O. The molecule has 0 aromatic heterocycles. The lowest BCUT2D eigenvalue weighted by Crippen LogP contribution is -2.04. The van der Waals surface area contributed by atoms with Crippen LogP contribution < -0.4 is 4.74 Å². The summed E-state index contributed by atoms with van der Waals surface area (Å²) < 4.78 is 55.7. The van der Waals surface area contributed by atoms with Gasteiger partial charge in [0, 0.05) is 5.56 Å². The summed E-state index contributed by atoms with van der Waals surface area (Å²) >= 11 is 6.12. The minimum atomic E-state index is -2.95. The zero-order valence-electron chi connectivity index (χ0n) is 10.7. The van der Waals surface area contributed by atoms with Crippen LogP contribution in [0.5, 0.6) is 5.75 Å². The quantitative estimate of drug-likeness (QED) is 0.551. The molecule has 0 N–H and O–H groups in total. The first-order valence-corrected chi connectivity index (χ1v) is 6.52. The zero-order chi connectivity index (χ0) is 15.4. The Kier molecular flexibility index (Phi) is 5.07. The Hall–Kier alpha value is -1.75. The van der Waals surface area contributed by atoms with E-state index < -0.39 is 23.6 Å². The van der Waals surface area contributed by atoms with Crippen LogP contribution in [0.3, 0.4) is 0 Å². The molecule has 2 rings (SSSR count). The van der Waals surface area contributed by atoms with E-state index in [9.17, 15) is 17.6 Å². The Morgan fingerprint density at radius 3 is 2.24 bits per heavy atom. The summed E-state index contributed by atoms with van der Waals surface area (Å²) in [6.45, 7) is -2.95. The van der Waals surface area contributed by atoms with Crippen LogP contribution in [0, 0.1) is 11.6 Å². The van der Waals surface area contributed by atoms with Gasteiger partial charge >= 0.3 is 6.61 Å². The van der Waals surface area contributed by atoms with E-state index in [0.29, 0.717) is 5.56 Å². The summed E-state index contributed by atoms with van der Waals surface area (Å²) in [7, 11) is 0. The molecule has 0 amide bonds. The predicted molar refractivity (Wildman–Crippen MR) is 71.7 cm³/mol. The number of hydrogen-bond donors (Lipinski definition) is 0. The van der Waals surface area contributed by atoms with Crippen LogP contribution in [0.15, 0.2) is 42.5 Å². The molecule has 0 fully saturated rings. The molecule has 1 nitrogen and oxygen atoms in total. The third kappa shape index (κ3) is 4.11. The van der Waals surface area contributed by atoms with E-state index in [1.807, 2.05) is 0 Å². The second-order valence-corrected chi connectivity index (χ2v) is 4.85. The maximum Gasteiger partial charge on any atom is 0.387 e. The molecule has 0 aliphatic rings. The van der Waals surface area contributed by atoms with Crippen molar-refractivity contribution in [3.8, 4) is 5.75 Å². The molecule has 0 aliphatic carbocycles. The Morgan fingerprint density at radius 1 is 1.00 bits per heavy atom. The Labute approximate surface area is 124 Å². The molecule has 0 aliphatic heterocycles.